The van der Waals surface area contributed by atoms with Gasteiger partial charge in [-0.3, -0.25) is 4.90 Å². The first-order valence-corrected chi connectivity index (χ1v) is 7.21. The third-order valence-corrected chi connectivity index (χ3v) is 4.49. The van der Waals surface area contributed by atoms with Gasteiger partial charge in [0.1, 0.15) is 0 Å². The first kappa shape index (κ1) is 14.5. The standard InChI is InChI=1S/C16H26N2O/c1-12-5-4-6-15(13(12)2)16(11-17)18(3)14-7-9-19-10-8-14/h4-6,14,16H,7-11,17H2,1-3H3. The molecule has 0 spiro atoms. The molecule has 19 heavy (non-hydrogen) atoms. The molecule has 3 heteroatoms. The summed E-state index contributed by atoms with van der Waals surface area (Å²) in [4.78, 5) is 2.45. The number of rotatable bonds is 4. The van der Waals surface area contributed by atoms with Gasteiger partial charge in [-0.25, -0.2) is 0 Å². The molecular formula is C16H26N2O. The normalized spacial score (nSPS) is 18.8. The minimum absolute atomic E-state index is 0.308. The smallest absolute Gasteiger partial charge is 0.0480 e. The van der Waals surface area contributed by atoms with Crippen molar-refractivity contribution in [3.05, 3.63) is 34.9 Å². The zero-order valence-electron chi connectivity index (χ0n) is 12.4. The number of nitrogens with two attached hydrogens (primary N) is 1. The van der Waals surface area contributed by atoms with Gasteiger partial charge in [0, 0.05) is 31.8 Å². The highest BCUT2D eigenvalue weighted by Gasteiger charge is 2.26. The monoisotopic (exact) mass is 262 g/mol. The van der Waals surface area contributed by atoms with Crippen LogP contribution >= 0.6 is 0 Å². The lowest BCUT2D eigenvalue weighted by Gasteiger charge is -2.37. The Morgan fingerprint density at radius 2 is 2.00 bits per heavy atom. The third kappa shape index (κ3) is 3.16. The molecule has 1 unspecified atom stereocenters. The van der Waals surface area contributed by atoms with Gasteiger partial charge in [-0.15, -0.1) is 0 Å². The zero-order valence-corrected chi connectivity index (χ0v) is 12.4. The van der Waals surface area contributed by atoms with E-state index in [0.717, 1.165) is 26.1 Å². The Morgan fingerprint density at radius 3 is 2.63 bits per heavy atom. The molecule has 1 heterocycles. The van der Waals surface area contributed by atoms with Gasteiger partial charge >= 0.3 is 0 Å². The highest BCUT2D eigenvalue weighted by atomic mass is 16.5. The minimum atomic E-state index is 0.308. The van der Waals surface area contributed by atoms with Crippen LogP contribution in [0.15, 0.2) is 18.2 Å². The van der Waals surface area contributed by atoms with Crippen molar-refractivity contribution in [3.8, 4) is 0 Å². The largest absolute Gasteiger partial charge is 0.381 e. The second-order valence-electron chi connectivity index (χ2n) is 5.55. The molecule has 1 aliphatic heterocycles. The summed E-state index contributed by atoms with van der Waals surface area (Å²) in [5.41, 5.74) is 10.1. The Kier molecular flexibility index (Phi) is 4.97. The molecule has 0 amide bonds. The molecule has 1 aliphatic rings. The van der Waals surface area contributed by atoms with Crippen molar-refractivity contribution in [3.63, 3.8) is 0 Å². The lowest BCUT2D eigenvalue weighted by molar-refractivity contribution is 0.0293. The fourth-order valence-electron chi connectivity index (χ4n) is 2.99. The fourth-order valence-corrected chi connectivity index (χ4v) is 2.99. The summed E-state index contributed by atoms with van der Waals surface area (Å²) in [6, 6.07) is 7.42. The minimum Gasteiger partial charge on any atom is -0.381 e. The van der Waals surface area contributed by atoms with Crippen molar-refractivity contribution >= 4 is 0 Å². The van der Waals surface area contributed by atoms with E-state index in [1.54, 1.807) is 0 Å². The molecule has 106 valence electrons. The number of nitrogens with zero attached hydrogens (tertiary/aromatic N) is 1. The summed E-state index contributed by atoms with van der Waals surface area (Å²) in [5.74, 6) is 0. The molecule has 0 saturated carbocycles. The van der Waals surface area contributed by atoms with Gasteiger partial charge in [0.05, 0.1) is 0 Å². The van der Waals surface area contributed by atoms with Crippen LogP contribution in [0.1, 0.15) is 35.6 Å². The average molecular weight is 262 g/mol. The van der Waals surface area contributed by atoms with Crippen LogP contribution in [0.5, 0.6) is 0 Å². The quantitative estimate of drug-likeness (QED) is 0.905. The Morgan fingerprint density at radius 1 is 1.32 bits per heavy atom. The maximum atomic E-state index is 6.06. The fraction of sp³-hybridized carbons (Fsp3) is 0.625. The predicted molar refractivity (Wildman–Crippen MR) is 79.3 cm³/mol. The third-order valence-electron chi connectivity index (χ3n) is 4.49. The lowest BCUT2D eigenvalue weighted by atomic mass is 9.94. The van der Waals surface area contributed by atoms with Crippen molar-refractivity contribution < 1.29 is 4.74 Å². The summed E-state index contributed by atoms with van der Waals surface area (Å²) < 4.78 is 5.45. The van der Waals surface area contributed by atoms with E-state index >= 15 is 0 Å². The molecule has 0 aliphatic carbocycles. The van der Waals surface area contributed by atoms with Gasteiger partial charge in [-0.1, -0.05) is 18.2 Å². The number of benzene rings is 1. The number of hydrogen-bond acceptors (Lipinski definition) is 3. The Balaban J connectivity index is 2.20. The van der Waals surface area contributed by atoms with Gasteiger partial charge in [0.25, 0.3) is 0 Å². The molecule has 0 radical (unpaired) electrons. The first-order valence-electron chi connectivity index (χ1n) is 7.21. The van der Waals surface area contributed by atoms with Gasteiger partial charge in [0.2, 0.25) is 0 Å². The highest BCUT2D eigenvalue weighted by molar-refractivity contribution is 5.35. The summed E-state index contributed by atoms with van der Waals surface area (Å²) in [7, 11) is 2.20. The van der Waals surface area contributed by atoms with Crippen LogP contribution in [0.25, 0.3) is 0 Å². The number of aryl methyl sites for hydroxylation is 1. The number of ether oxygens (including phenoxy) is 1. The molecule has 0 aromatic heterocycles. The van der Waals surface area contributed by atoms with E-state index in [-0.39, 0.29) is 0 Å². The zero-order chi connectivity index (χ0) is 13.8. The SMILES string of the molecule is Cc1cccc(C(CN)N(C)C2CCOCC2)c1C. The van der Waals surface area contributed by atoms with Crippen molar-refractivity contribution in [1.29, 1.82) is 0 Å². The van der Waals surface area contributed by atoms with E-state index in [9.17, 15) is 0 Å². The van der Waals surface area contributed by atoms with Crippen LogP contribution < -0.4 is 5.73 Å². The molecule has 1 aromatic carbocycles. The van der Waals surface area contributed by atoms with Crippen molar-refractivity contribution in [2.45, 2.75) is 38.8 Å². The van der Waals surface area contributed by atoms with E-state index in [1.807, 2.05) is 0 Å². The summed E-state index contributed by atoms with van der Waals surface area (Å²) in [6.07, 6.45) is 2.22. The first-order chi connectivity index (χ1) is 9.15. The van der Waals surface area contributed by atoms with Crippen LogP contribution in [0, 0.1) is 13.8 Å². The van der Waals surface area contributed by atoms with Gasteiger partial charge in [-0.2, -0.15) is 0 Å². The molecule has 2 rings (SSSR count). The van der Waals surface area contributed by atoms with Crippen LogP contribution in [0.4, 0.5) is 0 Å². The van der Waals surface area contributed by atoms with E-state index in [0.29, 0.717) is 18.6 Å². The topological polar surface area (TPSA) is 38.5 Å². The van der Waals surface area contributed by atoms with Crippen molar-refractivity contribution in [1.82, 2.24) is 4.90 Å². The second kappa shape index (κ2) is 6.51. The van der Waals surface area contributed by atoms with E-state index in [2.05, 4.69) is 44.0 Å². The number of hydrogen-bond donors (Lipinski definition) is 1. The Hall–Kier alpha value is -0.900. The summed E-state index contributed by atoms with van der Waals surface area (Å²) in [6.45, 7) is 6.78. The van der Waals surface area contributed by atoms with Crippen molar-refractivity contribution in [2.75, 3.05) is 26.8 Å². The molecule has 1 saturated heterocycles. The second-order valence-corrected chi connectivity index (χ2v) is 5.55. The van der Waals surface area contributed by atoms with E-state index in [4.69, 9.17) is 10.5 Å². The molecule has 1 aromatic rings. The molecule has 1 atom stereocenters. The maximum Gasteiger partial charge on any atom is 0.0480 e. The Labute approximate surface area is 116 Å². The van der Waals surface area contributed by atoms with Crippen LogP contribution in [-0.2, 0) is 4.74 Å². The summed E-state index contributed by atoms with van der Waals surface area (Å²) in [5, 5.41) is 0. The Bertz CT molecular complexity index is 413. The van der Waals surface area contributed by atoms with Crippen LogP contribution in [0.3, 0.4) is 0 Å². The maximum absolute atomic E-state index is 6.06. The molecule has 2 N–H and O–H groups in total. The summed E-state index contributed by atoms with van der Waals surface area (Å²) >= 11 is 0. The molecule has 0 bridgehead atoms. The lowest BCUT2D eigenvalue weighted by Crippen LogP contribution is -2.42. The highest BCUT2D eigenvalue weighted by Crippen LogP contribution is 2.28. The van der Waals surface area contributed by atoms with Gasteiger partial charge < -0.3 is 10.5 Å². The van der Waals surface area contributed by atoms with Crippen LogP contribution in [0.2, 0.25) is 0 Å². The van der Waals surface area contributed by atoms with Gasteiger partial charge in [-0.05, 0) is 50.4 Å². The number of likely N-dealkylation sites (N-methyl/N-ethyl adjacent to an activating group) is 1. The van der Waals surface area contributed by atoms with Crippen molar-refractivity contribution in [2.24, 2.45) is 5.73 Å². The average Bonchev–Trinajstić information content (AvgIpc) is 2.45. The molecule has 3 nitrogen and oxygen atoms in total. The van der Waals surface area contributed by atoms with E-state index < -0.39 is 0 Å². The molecule has 1 fully saturated rings. The van der Waals surface area contributed by atoms with Gasteiger partial charge in [0.15, 0.2) is 0 Å². The van der Waals surface area contributed by atoms with Crippen LogP contribution in [-0.4, -0.2) is 37.7 Å². The van der Waals surface area contributed by atoms with E-state index in [1.165, 1.54) is 16.7 Å². The predicted octanol–water partition coefficient (Wildman–Crippen LogP) is 2.41. The molecular weight excluding hydrogens is 236 g/mol.